The monoisotopic (exact) mass is 403 g/mol. The highest BCUT2D eigenvalue weighted by molar-refractivity contribution is 7.99. The molecule has 0 aromatic carbocycles. The summed E-state index contributed by atoms with van der Waals surface area (Å²) in [4.78, 5) is 16.7. The van der Waals surface area contributed by atoms with E-state index in [9.17, 15) is 0 Å². The number of hydrogen-bond donors (Lipinski definition) is 1. The molecule has 1 spiro atoms. The summed E-state index contributed by atoms with van der Waals surface area (Å²) in [7, 11) is 0. The Morgan fingerprint density at radius 1 is 1.26 bits per heavy atom. The number of rotatable bonds is 3. The average Bonchev–Trinajstić information content (AvgIpc) is 3.01. The van der Waals surface area contributed by atoms with Gasteiger partial charge in [0.1, 0.15) is 16.7 Å². The molecule has 144 valence electrons. The average molecular weight is 404 g/mol. The van der Waals surface area contributed by atoms with Gasteiger partial charge in [0, 0.05) is 24.2 Å². The SMILES string of the molecule is Cc1nc(N2CCC3(CCC[C@H]3C)CC2)cnc1Sc1ccnc(N)c1Cl. The lowest BCUT2D eigenvalue weighted by Crippen LogP contribution is -2.41. The molecular formula is C20H26ClN5S. The molecule has 1 aliphatic carbocycles. The molecule has 2 N–H and O–H groups in total. The third-order valence-corrected chi connectivity index (χ3v) is 8.08. The summed E-state index contributed by atoms with van der Waals surface area (Å²) in [6, 6.07) is 1.85. The van der Waals surface area contributed by atoms with Crippen LogP contribution in [0.2, 0.25) is 5.02 Å². The number of piperidine rings is 1. The number of anilines is 2. The molecule has 4 rings (SSSR count). The van der Waals surface area contributed by atoms with Gasteiger partial charge in [0.25, 0.3) is 0 Å². The molecule has 2 aliphatic rings. The van der Waals surface area contributed by atoms with Gasteiger partial charge in [-0.05, 0) is 43.6 Å². The molecule has 2 aromatic rings. The van der Waals surface area contributed by atoms with E-state index in [4.69, 9.17) is 22.3 Å². The van der Waals surface area contributed by atoms with Gasteiger partial charge < -0.3 is 10.6 Å². The van der Waals surface area contributed by atoms with Gasteiger partial charge >= 0.3 is 0 Å². The lowest BCUT2D eigenvalue weighted by molar-refractivity contribution is 0.161. The molecule has 7 heteroatoms. The molecule has 0 radical (unpaired) electrons. The van der Waals surface area contributed by atoms with Crippen molar-refractivity contribution in [2.75, 3.05) is 23.7 Å². The highest BCUT2D eigenvalue weighted by Gasteiger charge is 2.42. The lowest BCUT2D eigenvalue weighted by atomic mass is 9.71. The van der Waals surface area contributed by atoms with Crippen LogP contribution in [0.1, 0.15) is 44.7 Å². The highest BCUT2D eigenvalue weighted by atomic mass is 35.5. The second kappa shape index (κ2) is 7.47. The van der Waals surface area contributed by atoms with Crippen LogP contribution in [0.15, 0.2) is 28.4 Å². The summed E-state index contributed by atoms with van der Waals surface area (Å²) in [5.74, 6) is 2.19. The summed E-state index contributed by atoms with van der Waals surface area (Å²) in [5, 5.41) is 1.32. The van der Waals surface area contributed by atoms with Crippen molar-refractivity contribution >= 4 is 35.0 Å². The molecule has 2 fully saturated rings. The Kier molecular flexibility index (Phi) is 5.21. The van der Waals surface area contributed by atoms with E-state index in [0.717, 1.165) is 40.4 Å². The van der Waals surface area contributed by atoms with Crippen LogP contribution in [0.3, 0.4) is 0 Å². The Balaban J connectivity index is 1.47. The summed E-state index contributed by atoms with van der Waals surface area (Å²) in [6.45, 7) is 6.60. The Morgan fingerprint density at radius 3 is 2.70 bits per heavy atom. The van der Waals surface area contributed by atoms with Crippen molar-refractivity contribution in [2.24, 2.45) is 11.3 Å². The van der Waals surface area contributed by atoms with E-state index in [2.05, 4.69) is 21.8 Å². The predicted octanol–water partition coefficient (Wildman–Crippen LogP) is 4.97. The van der Waals surface area contributed by atoms with Crippen LogP contribution in [-0.2, 0) is 0 Å². The maximum atomic E-state index is 6.25. The maximum absolute atomic E-state index is 6.25. The first kappa shape index (κ1) is 18.8. The number of nitrogens with zero attached hydrogens (tertiary/aromatic N) is 4. The number of pyridine rings is 1. The van der Waals surface area contributed by atoms with Gasteiger partial charge in [-0.2, -0.15) is 0 Å². The van der Waals surface area contributed by atoms with Crippen LogP contribution in [0.25, 0.3) is 0 Å². The van der Waals surface area contributed by atoms with Crippen LogP contribution in [-0.4, -0.2) is 28.0 Å². The fourth-order valence-electron chi connectivity index (χ4n) is 4.57. The van der Waals surface area contributed by atoms with Gasteiger partial charge in [-0.15, -0.1) is 0 Å². The number of hydrogen-bond acceptors (Lipinski definition) is 6. The van der Waals surface area contributed by atoms with Crippen molar-refractivity contribution in [1.29, 1.82) is 0 Å². The van der Waals surface area contributed by atoms with Gasteiger partial charge in [0.2, 0.25) is 0 Å². The molecule has 27 heavy (non-hydrogen) atoms. The quantitative estimate of drug-likeness (QED) is 0.779. The standard InChI is InChI=1S/C20H26ClN5S/c1-13-4-3-6-20(13)7-10-26(11-8-20)16-12-24-19(14(2)25-16)27-15-5-9-23-18(22)17(15)21/h5,9,12-13H,3-4,6-8,10-11H2,1-2H3,(H2,22,23)/t13-/m1/s1. The minimum absolute atomic E-state index is 0.340. The van der Waals surface area contributed by atoms with E-state index >= 15 is 0 Å². The minimum atomic E-state index is 0.340. The van der Waals surface area contributed by atoms with E-state index < -0.39 is 0 Å². The van der Waals surface area contributed by atoms with Gasteiger partial charge in [0.15, 0.2) is 0 Å². The second-order valence-electron chi connectivity index (χ2n) is 7.87. The molecule has 0 bridgehead atoms. The van der Waals surface area contributed by atoms with Crippen LogP contribution >= 0.6 is 23.4 Å². The molecule has 1 atom stereocenters. The van der Waals surface area contributed by atoms with Gasteiger partial charge in [-0.3, -0.25) is 0 Å². The van der Waals surface area contributed by atoms with Crippen molar-refractivity contribution in [3.05, 3.63) is 29.2 Å². The van der Waals surface area contributed by atoms with Gasteiger partial charge in [0.05, 0.1) is 16.9 Å². The Labute approximate surface area is 170 Å². The molecule has 3 heterocycles. The first-order valence-corrected chi connectivity index (χ1v) is 10.8. The maximum Gasteiger partial charge on any atom is 0.147 e. The smallest absolute Gasteiger partial charge is 0.147 e. The van der Waals surface area contributed by atoms with Crippen LogP contribution in [0.5, 0.6) is 0 Å². The fraction of sp³-hybridized carbons (Fsp3) is 0.550. The summed E-state index contributed by atoms with van der Waals surface area (Å²) >= 11 is 7.74. The second-order valence-corrected chi connectivity index (χ2v) is 9.28. The van der Waals surface area contributed by atoms with E-state index in [1.165, 1.54) is 43.9 Å². The molecule has 2 aromatic heterocycles. The minimum Gasteiger partial charge on any atom is -0.382 e. The van der Waals surface area contributed by atoms with Crippen molar-refractivity contribution < 1.29 is 0 Å². The van der Waals surface area contributed by atoms with Gasteiger partial charge in [-0.1, -0.05) is 43.1 Å². The topological polar surface area (TPSA) is 67.9 Å². The number of nitrogen functional groups attached to an aromatic ring is 1. The van der Waals surface area contributed by atoms with E-state index in [0.29, 0.717) is 16.3 Å². The summed E-state index contributed by atoms with van der Waals surface area (Å²) < 4.78 is 0. The van der Waals surface area contributed by atoms with E-state index in [1.807, 2.05) is 19.2 Å². The molecular weight excluding hydrogens is 378 g/mol. The lowest BCUT2D eigenvalue weighted by Gasteiger charge is -2.42. The van der Waals surface area contributed by atoms with E-state index in [-0.39, 0.29) is 0 Å². The number of aryl methyl sites for hydroxylation is 1. The first-order valence-electron chi connectivity index (χ1n) is 9.65. The van der Waals surface area contributed by atoms with Crippen molar-refractivity contribution in [1.82, 2.24) is 15.0 Å². The summed E-state index contributed by atoms with van der Waals surface area (Å²) in [6.07, 6.45) is 10.3. The molecule has 1 saturated heterocycles. The zero-order chi connectivity index (χ0) is 19.0. The van der Waals surface area contributed by atoms with Crippen LogP contribution in [0, 0.1) is 18.3 Å². The van der Waals surface area contributed by atoms with Crippen LogP contribution in [0.4, 0.5) is 11.6 Å². The normalized spacial score (nSPS) is 21.7. The third kappa shape index (κ3) is 3.61. The van der Waals surface area contributed by atoms with Crippen molar-refractivity contribution in [2.45, 2.75) is 55.9 Å². The Morgan fingerprint density at radius 2 is 2.04 bits per heavy atom. The molecule has 5 nitrogen and oxygen atoms in total. The Bertz CT molecular complexity index is 835. The van der Waals surface area contributed by atoms with E-state index in [1.54, 1.807) is 6.20 Å². The molecule has 0 unspecified atom stereocenters. The van der Waals surface area contributed by atoms with Crippen molar-refractivity contribution in [3.8, 4) is 0 Å². The summed E-state index contributed by atoms with van der Waals surface area (Å²) in [5.41, 5.74) is 7.29. The fourth-order valence-corrected chi connectivity index (χ4v) is 5.63. The number of nitrogens with two attached hydrogens (primary N) is 1. The van der Waals surface area contributed by atoms with Crippen molar-refractivity contribution in [3.63, 3.8) is 0 Å². The zero-order valence-corrected chi connectivity index (χ0v) is 17.5. The zero-order valence-electron chi connectivity index (χ0n) is 15.9. The predicted molar refractivity (Wildman–Crippen MR) is 111 cm³/mol. The third-order valence-electron chi connectivity index (χ3n) is 6.42. The Hall–Kier alpha value is -1.53. The molecule has 1 saturated carbocycles. The first-order chi connectivity index (χ1) is 13.0. The van der Waals surface area contributed by atoms with Gasteiger partial charge in [-0.25, -0.2) is 15.0 Å². The number of halogens is 1. The number of aromatic nitrogens is 3. The largest absolute Gasteiger partial charge is 0.382 e. The van der Waals surface area contributed by atoms with Crippen LogP contribution < -0.4 is 10.6 Å². The molecule has 0 amide bonds. The molecule has 1 aliphatic heterocycles. The highest BCUT2D eigenvalue weighted by Crippen LogP contribution is 2.50.